The Bertz CT molecular complexity index is 471. The van der Waals surface area contributed by atoms with E-state index < -0.39 is 0 Å². The van der Waals surface area contributed by atoms with Crippen LogP contribution in [0, 0.1) is 13.8 Å². The molecule has 0 aliphatic rings. The number of fused-ring (bicyclic) bond motifs is 1. The average Bonchev–Trinajstić information content (AvgIpc) is 2.52. The molecular formula is C12H17N3. The minimum absolute atomic E-state index is 1.01. The molecular weight excluding hydrogens is 186 g/mol. The van der Waals surface area contributed by atoms with Gasteiger partial charge in [-0.05, 0) is 32.4 Å². The van der Waals surface area contributed by atoms with Crippen LogP contribution in [-0.2, 0) is 0 Å². The maximum Gasteiger partial charge on any atom is 0.137 e. The van der Waals surface area contributed by atoms with E-state index in [4.69, 9.17) is 0 Å². The van der Waals surface area contributed by atoms with Crippen molar-refractivity contribution in [1.29, 1.82) is 0 Å². The number of aryl methyl sites for hydroxylation is 2. The van der Waals surface area contributed by atoms with Crippen LogP contribution >= 0.6 is 0 Å². The first kappa shape index (κ1) is 10.0. The van der Waals surface area contributed by atoms with Crippen molar-refractivity contribution in [2.24, 2.45) is 0 Å². The summed E-state index contributed by atoms with van der Waals surface area (Å²) >= 11 is 0. The third-order valence-corrected chi connectivity index (χ3v) is 2.67. The fourth-order valence-electron chi connectivity index (χ4n) is 1.65. The Morgan fingerprint density at radius 2 is 2.13 bits per heavy atom. The molecule has 0 radical (unpaired) electrons. The molecule has 1 N–H and O–H groups in total. The number of nitrogens with one attached hydrogen (secondary N) is 1. The van der Waals surface area contributed by atoms with Crippen LogP contribution in [0.4, 0.5) is 5.69 Å². The van der Waals surface area contributed by atoms with Gasteiger partial charge in [0, 0.05) is 18.4 Å². The fourth-order valence-corrected chi connectivity index (χ4v) is 1.65. The zero-order valence-corrected chi connectivity index (χ0v) is 9.54. The van der Waals surface area contributed by atoms with Gasteiger partial charge in [-0.2, -0.15) is 0 Å². The molecule has 0 amide bonds. The van der Waals surface area contributed by atoms with Crippen molar-refractivity contribution in [3.8, 4) is 0 Å². The summed E-state index contributed by atoms with van der Waals surface area (Å²) in [5, 5.41) is 3.37. The van der Waals surface area contributed by atoms with Gasteiger partial charge in [-0.1, -0.05) is 6.92 Å². The molecule has 0 aliphatic carbocycles. The second-order valence-corrected chi connectivity index (χ2v) is 3.86. The number of aromatic nitrogens is 2. The monoisotopic (exact) mass is 203 g/mol. The largest absolute Gasteiger partial charge is 0.384 e. The molecule has 0 aromatic carbocycles. The summed E-state index contributed by atoms with van der Waals surface area (Å²) in [5.74, 6) is 0. The molecule has 0 atom stereocenters. The number of anilines is 1. The van der Waals surface area contributed by atoms with Crippen LogP contribution < -0.4 is 5.32 Å². The van der Waals surface area contributed by atoms with Crippen molar-refractivity contribution in [3.63, 3.8) is 0 Å². The third-order valence-electron chi connectivity index (χ3n) is 2.67. The molecule has 0 saturated heterocycles. The van der Waals surface area contributed by atoms with Crippen molar-refractivity contribution < 1.29 is 0 Å². The zero-order chi connectivity index (χ0) is 10.8. The quantitative estimate of drug-likeness (QED) is 0.831. The third kappa shape index (κ3) is 1.82. The fraction of sp³-hybridized carbons (Fsp3) is 0.417. The maximum absolute atomic E-state index is 4.47. The number of rotatable bonds is 3. The van der Waals surface area contributed by atoms with Crippen LogP contribution in [0.15, 0.2) is 18.3 Å². The molecule has 3 nitrogen and oxygen atoms in total. The number of hydrogen-bond donors (Lipinski definition) is 1. The van der Waals surface area contributed by atoms with E-state index in [0.717, 1.165) is 30.0 Å². The second kappa shape index (κ2) is 3.93. The summed E-state index contributed by atoms with van der Waals surface area (Å²) in [6.45, 7) is 7.32. The van der Waals surface area contributed by atoms with E-state index in [1.807, 2.05) is 6.92 Å². The molecule has 15 heavy (non-hydrogen) atoms. The van der Waals surface area contributed by atoms with Crippen LogP contribution in [0.5, 0.6) is 0 Å². The van der Waals surface area contributed by atoms with E-state index in [-0.39, 0.29) is 0 Å². The number of imidazole rings is 1. The molecule has 0 fully saturated rings. The number of hydrogen-bond acceptors (Lipinski definition) is 2. The maximum atomic E-state index is 4.47. The predicted molar refractivity (Wildman–Crippen MR) is 63.4 cm³/mol. The van der Waals surface area contributed by atoms with E-state index in [1.165, 1.54) is 5.69 Å². The molecule has 2 aromatic heterocycles. The van der Waals surface area contributed by atoms with Gasteiger partial charge in [0.15, 0.2) is 0 Å². The smallest absolute Gasteiger partial charge is 0.137 e. The Labute approximate surface area is 90.1 Å². The van der Waals surface area contributed by atoms with Gasteiger partial charge >= 0.3 is 0 Å². The normalized spacial score (nSPS) is 10.9. The van der Waals surface area contributed by atoms with Gasteiger partial charge in [0.2, 0.25) is 0 Å². The SMILES string of the molecule is CCCNc1ccc2nc(C)c(C)n2c1. The summed E-state index contributed by atoms with van der Waals surface area (Å²) < 4.78 is 2.13. The van der Waals surface area contributed by atoms with Gasteiger partial charge in [-0.3, -0.25) is 0 Å². The first-order chi connectivity index (χ1) is 7.22. The van der Waals surface area contributed by atoms with E-state index in [2.05, 4.69) is 46.9 Å². The molecule has 2 rings (SSSR count). The minimum atomic E-state index is 1.01. The Morgan fingerprint density at radius 3 is 2.87 bits per heavy atom. The minimum Gasteiger partial charge on any atom is -0.384 e. The van der Waals surface area contributed by atoms with E-state index >= 15 is 0 Å². The van der Waals surface area contributed by atoms with Crippen molar-refractivity contribution in [2.45, 2.75) is 27.2 Å². The molecule has 3 heteroatoms. The topological polar surface area (TPSA) is 29.3 Å². The molecule has 0 unspecified atom stereocenters. The number of nitrogens with zero attached hydrogens (tertiary/aromatic N) is 2. The van der Waals surface area contributed by atoms with Crippen LogP contribution in [0.3, 0.4) is 0 Å². The Hall–Kier alpha value is -1.51. The Morgan fingerprint density at radius 1 is 1.33 bits per heavy atom. The van der Waals surface area contributed by atoms with Crippen LogP contribution in [0.25, 0.3) is 5.65 Å². The first-order valence-corrected chi connectivity index (χ1v) is 5.41. The van der Waals surface area contributed by atoms with Gasteiger partial charge in [-0.25, -0.2) is 4.98 Å². The summed E-state index contributed by atoms with van der Waals surface area (Å²) in [7, 11) is 0. The summed E-state index contributed by atoms with van der Waals surface area (Å²) in [4.78, 5) is 4.47. The average molecular weight is 203 g/mol. The van der Waals surface area contributed by atoms with Crippen LogP contribution in [0.2, 0.25) is 0 Å². The number of pyridine rings is 1. The molecule has 80 valence electrons. The van der Waals surface area contributed by atoms with E-state index in [9.17, 15) is 0 Å². The molecule has 0 bridgehead atoms. The zero-order valence-electron chi connectivity index (χ0n) is 9.54. The van der Waals surface area contributed by atoms with Crippen molar-refractivity contribution >= 4 is 11.3 Å². The lowest BCUT2D eigenvalue weighted by Crippen LogP contribution is -2.01. The standard InChI is InChI=1S/C12H17N3/c1-4-7-13-11-5-6-12-14-9(2)10(3)15(12)8-11/h5-6,8,13H,4,7H2,1-3H3. The molecule has 0 aliphatic heterocycles. The summed E-state index contributed by atoms with van der Waals surface area (Å²) in [5.41, 5.74) is 4.49. The highest BCUT2D eigenvalue weighted by atomic mass is 15.0. The van der Waals surface area contributed by atoms with Crippen molar-refractivity contribution in [2.75, 3.05) is 11.9 Å². The molecule has 2 heterocycles. The van der Waals surface area contributed by atoms with Gasteiger partial charge in [0.05, 0.1) is 11.4 Å². The highest BCUT2D eigenvalue weighted by molar-refractivity contribution is 5.52. The van der Waals surface area contributed by atoms with E-state index in [1.54, 1.807) is 0 Å². The molecule has 0 saturated carbocycles. The summed E-state index contributed by atoms with van der Waals surface area (Å²) in [6.07, 6.45) is 3.25. The lowest BCUT2D eigenvalue weighted by molar-refractivity contribution is 0.973. The second-order valence-electron chi connectivity index (χ2n) is 3.86. The van der Waals surface area contributed by atoms with Crippen LogP contribution in [-0.4, -0.2) is 15.9 Å². The molecule has 2 aromatic rings. The Kier molecular flexibility index (Phi) is 2.62. The van der Waals surface area contributed by atoms with Crippen molar-refractivity contribution in [1.82, 2.24) is 9.38 Å². The predicted octanol–water partition coefficient (Wildman–Crippen LogP) is 2.77. The van der Waals surface area contributed by atoms with Gasteiger partial charge in [0.1, 0.15) is 5.65 Å². The first-order valence-electron chi connectivity index (χ1n) is 5.41. The van der Waals surface area contributed by atoms with E-state index in [0.29, 0.717) is 0 Å². The van der Waals surface area contributed by atoms with Gasteiger partial charge in [-0.15, -0.1) is 0 Å². The lowest BCUT2D eigenvalue weighted by atomic mass is 10.3. The molecule has 0 spiro atoms. The summed E-state index contributed by atoms with van der Waals surface area (Å²) in [6, 6.07) is 4.13. The highest BCUT2D eigenvalue weighted by Crippen LogP contribution is 2.15. The van der Waals surface area contributed by atoms with Crippen molar-refractivity contribution in [3.05, 3.63) is 29.7 Å². The van der Waals surface area contributed by atoms with Gasteiger partial charge in [0.25, 0.3) is 0 Å². The lowest BCUT2D eigenvalue weighted by Gasteiger charge is -2.05. The Balaban J connectivity index is 2.41. The van der Waals surface area contributed by atoms with Gasteiger partial charge < -0.3 is 9.72 Å². The van der Waals surface area contributed by atoms with Crippen LogP contribution in [0.1, 0.15) is 24.7 Å². The highest BCUT2D eigenvalue weighted by Gasteiger charge is 2.03.